The topological polar surface area (TPSA) is 49.3 Å². The van der Waals surface area contributed by atoms with E-state index in [4.69, 9.17) is 0 Å². The minimum atomic E-state index is -4.15. The molecule has 0 bridgehead atoms. The molecule has 4 nitrogen and oxygen atoms in total. The second-order valence-corrected chi connectivity index (χ2v) is 6.09. The molecule has 1 heterocycles. The van der Waals surface area contributed by atoms with Gasteiger partial charge >= 0.3 is 6.18 Å². The van der Waals surface area contributed by atoms with Crippen LogP contribution in [0.25, 0.3) is 10.2 Å². The minimum absolute atomic E-state index is 0.180. The van der Waals surface area contributed by atoms with Crippen molar-refractivity contribution in [3.05, 3.63) is 29.3 Å². The molecule has 0 unspecified atom stereocenters. The van der Waals surface area contributed by atoms with Gasteiger partial charge in [0.2, 0.25) is 0 Å². The van der Waals surface area contributed by atoms with Crippen LogP contribution >= 0.6 is 11.3 Å². The molecule has 0 aliphatic heterocycles. The van der Waals surface area contributed by atoms with Gasteiger partial charge in [-0.25, -0.2) is 4.98 Å². The Balaban J connectivity index is 1.69. The van der Waals surface area contributed by atoms with Crippen LogP contribution < -0.4 is 10.6 Å². The zero-order valence-corrected chi connectivity index (χ0v) is 13.6. The molecule has 0 fully saturated rings. The highest BCUT2D eigenvalue weighted by Gasteiger charge is 2.26. The lowest BCUT2D eigenvalue weighted by Gasteiger charge is -2.12. The van der Waals surface area contributed by atoms with Crippen LogP contribution in [-0.4, -0.2) is 37.3 Å². The summed E-state index contributed by atoms with van der Waals surface area (Å²) in [6, 6.07) is 7.98. The van der Waals surface area contributed by atoms with Crippen molar-refractivity contribution in [1.29, 1.82) is 0 Å². The van der Waals surface area contributed by atoms with Gasteiger partial charge in [-0.2, -0.15) is 13.2 Å². The fraction of sp³-hybridized carbons (Fsp3) is 0.467. The molecule has 1 aromatic heterocycles. The van der Waals surface area contributed by atoms with E-state index in [1.54, 1.807) is 11.3 Å². The summed E-state index contributed by atoms with van der Waals surface area (Å²) in [7, 11) is 1.54. The summed E-state index contributed by atoms with van der Waals surface area (Å²) in [5.74, 6) is 0.388. The SMILES string of the molecule is CN=C(NCCCc1nc2ccccc2s1)NCCC(F)(F)F. The Morgan fingerprint density at radius 3 is 2.65 bits per heavy atom. The molecule has 126 valence electrons. The van der Waals surface area contributed by atoms with Crippen molar-refractivity contribution in [2.75, 3.05) is 20.1 Å². The molecule has 0 saturated heterocycles. The lowest BCUT2D eigenvalue weighted by molar-refractivity contribution is -0.132. The van der Waals surface area contributed by atoms with Crippen molar-refractivity contribution in [3.8, 4) is 0 Å². The monoisotopic (exact) mass is 344 g/mol. The Hall–Kier alpha value is -1.83. The third-order valence-electron chi connectivity index (χ3n) is 3.12. The lowest BCUT2D eigenvalue weighted by Crippen LogP contribution is -2.39. The predicted octanol–water partition coefficient (Wildman–Crippen LogP) is 3.35. The first kappa shape index (κ1) is 17.5. The Kier molecular flexibility index (Phi) is 6.20. The van der Waals surface area contributed by atoms with Crippen molar-refractivity contribution in [1.82, 2.24) is 15.6 Å². The number of fused-ring (bicyclic) bond motifs is 1. The summed E-state index contributed by atoms with van der Waals surface area (Å²) in [6.45, 7) is 0.447. The molecule has 0 aliphatic rings. The number of halogens is 3. The third-order valence-corrected chi connectivity index (χ3v) is 4.22. The molecule has 0 spiro atoms. The van der Waals surface area contributed by atoms with E-state index in [0.29, 0.717) is 12.5 Å². The molecule has 0 radical (unpaired) electrons. The minimum Gasteiger partial charge on any atom is -0.356 e. The van der Waals surface area contributed by atoms with Crippen LogP contribution in [0.4, 0.5) is 13.2 Å². The number of aromatic nitrogens is 1. The van der Waals surface area contributed by atoms with E-state index >= 15 is 0 Å². The van der Waals surface area contributed by atoms with Gasteiger partial charge in [-0.3, -0.25) is 4.99 Å². The van der Waals surface area contributed by atoms with Crippen LogP contribution in [0.2, 0.25) is 0 Å². The normalized spacial score (nSPS) is 12.6. The maximum Gasteiger partial charge on any atom is 0.390 e. The van der Waals surface area contributed by atoms with Gasteiger partial charge in [0.25, 0.3) is 0 Å². The van der Waals surface area contributed by atoms with Gasteiger partial charge < -0.3 is 10.6 Å². The smallest absolute Gasteiger partial charge is 0.356 e. The number of aliphatic imine (C=N–C) groups is 1. The molecule has 2 N–H and O–H groups in total. The van der Waals surface area contributed by atoms with Gasteiger partial charge in [0, 0.05) is 26.6 Å². The van der Waals surface area contributed by atoms with Crippen LogP contribution in [0.1, 0.15) is 17.8 Å². The number of nitrogens with zero attached hydrogens (tertiary/aromatic N) is 2. The highest BCUT2D eigenvalue weighted by Crippen LogP contribution is 2.22. The molecule has 0 aliphatic carbocycles. The van der Waals surface area contributed by atoms with E-state index in [1.165, 1.54) is 11.7 Å². The fourth-order valence-electron chi connectivity index (χ4n) is 2.02. The molecule has 0 atom stereocenters. The molecule has 2 rings (SSSR count). The summed E-state index contributed by atoms with van der Waals surface area (Å²) in [5, 5.41) is 6.72. The number of rotatable bonds is 6. The maximum atomic E-state index is 12.1. The number of aryl methyl sites for hydroxylation is 1. The average molecular weight is 344 g/mol. The van der Waals surface area contributed by atoms with Crippen LogP contribution in [-0.2, 0) is 6.42 Å². The van der Waals surface area contributed by atoms with E-state index in [0.717, 1.165) is 23.4 Å². The number of hydrogen-bond donors (Lipinski definition) is 2. The first-order valence-corrected chi connectivity index (χ1v) is 8.15. The van der Waals surface area contributed by atoms with Crippen molar-refractivity contribution in [2.24, 2.45) is 4.99 Å². The summed E-state index contributed by atoms with van der Waals surface area (Å²) in [4.78, 5) is 8.45. The quantitative estimate of drug-likeness (QED) is 0.480. The van der Waals surface area contributed by atoms with Crippen LogP contribution in [0, 0.1) is 0 Å². The van der Waals surface area contributed by atoms with Crippen LogP contribution in [0.3, 0.4) is 0 Å². The molecule has 0 saturated carbocycles. The van der Waals surface area contributed by atoms with Crippen molar-refractivity contribution in [2.45, 2.75) is 25.4 Å². The second-order valence-electron chi connectivity index (χ2n) is 4.97. The Morgan fingerprint density at radius 2 is 1.96 bits per heavy atom. The van der Waals surface area contributed by atoms with Crippen LogP contribution in [0.15, 0.2) is 29.3 Å². The third kappa shape index (κ3) is 6.05. The van der Waals surface area contributed by atoms with Gasteiger partial charge in [0.15, 0.2) is 5.96 Å². The molecule has 1 aromatic carbocycles. The number of benzene rings is 1. The van der Waals surface area contributed by atoms with E-state index in [9.17, 15) is 13.2 Å². The largest absolute Gasteiger partial charge is 0.390 e. The highest BCUT2D eigenvalue weighted by molar-refractivity contribution is 7.18. The van der Waals surface area contributed by atoms with E-state index in [2.05, 4.69) is 20.6 Å². The molecule has 2 aromatic rings. The molecular weight excluding hydrogens is 325 g/mol. The second kappa shape index (κ2) is 8.14. The first-order chi connectivity index (χ1) is 11.0. The van der Waals surface area contributed by atoms with Gasteiger partial charge in [-0.15, -0.1) is 11.3 Å². The fourth-order valence-corrected chi connectivity index (χ4v) is 3.03. The first-order valence-electron chi connectivity index (χ1n) is 7.33. The Bertz CT molecular complexity index is 618. The molecule has 0 amide bonds. The van der Waals surface area contributed by atoms with Gasteiger partial charge in [0.1, 0.15) is 0 Å². The molecular formula is C15H19F3N4S. The van der Waals surface area contributed by atoms with Crippen molar-refractivity contribution < 1.29 is 13.2 Å². The van der Waals surface area contributed by atoms with E-state index in [1.807, 2.05) is 24.3 Å². The van der Waals surface area contributed by atoms with Crippen molar-refractivity contribution >= 4 is 27.5 Å². The number of para-hydroxylation sites is 1. The average Bonchev–Trinajstić information content (AvgIpc) is 2.91. The summed E-state index contributed by atoms with van der Waals surface area (Å²) in [5.41, 5.74) is 1.00. The zero-order valence-electron chi connectivity index (χ0n) is 12.8. The Morgan fingerprint density at radius 1 is 1.22 bits per heavy atom. The predicted molar refractivity (Wildman–Crippen MR) is 88.0 cm³/mol. The lowest BCUT2D eigenvalue weighted by atomic mass is 10.3. The standard InChI is InChI=1S/C15H19F3N4S/c1-19-14(21-10-8-15(16,17)18)20-9-4-7-13-22-11-5-2-3-6-12(11)23-13/h2-3,5-6H,4,7-10H2,1H3,(H2,19,20,21). The zero-order chi connectivity index (χ0) is 16.7. The van der Waals surface area contributed by atoms with Crippen molar-refractivity contribution in [3.63, 3.8) is 0 Å². The number of alkyl halides is 3. The molecule has 23 heavy (non-hydrogen) atoms. The van der Waals surface area contributed by atoms with Crippen LogP contribution in [0.5, 0.6) is 0 Å². The van der Waals surface area contributed by atoms with E-state index < -0.39 is 12.6 Å². The summed E-state index contributed by atoms with van der Waals surface area (Å²) < 4.78 is 37.4. The van der Waals surface area contributed by atoms with E-state index in [-0.39, 0.29) is 6.54 Å². The maximum absolute atomic E-state index is 12.1. The summed E-state index contributed by atoms with van der Waals surface area (Å²) in [6.07, 6.45) is -3.37. The Labute approximate surface area is 136 Å². The highest BCUT2D eigenvalue weighted by atomic mass is 32.1. The van der Waals surface area contributed by atoms with Gasteiger partial charge in [0.05, 0.1) is 21.6 Å². The number of hydrogen-bond acceptors (Lipinski definition) is 3. The van der Waals surface area contributed by atoms with Gasteiger partial charge in [-0.1, -0.05) is 12.1 Å². The van der Waals surface area contributed by atoms with Gasteiger partial charge in [-0.05, 0) is 18.6 Å². The molecule has 8 heteroatoms. The number of guanidine groups is 1. The summed E-state index contributed by atoms with van der Waals surface area (Å²) >= 11 is 1.67. The number of nitrogens with one attached hydrogen (secondary N) is 2. The number of thiazole rings is 1.